The summed E-state index contributed by atoms with van der Waals surface area (Å²) < 4.78 is 45.7. The van der Waals surface area contributed by atoms with Crippen molar-refractivity contribution in [3.8, 4) is 0 Å². The lowest BCUT2D eigenvalue weighted by atomic mass is 10.2. The van der Waals surface area contributed by atoms with Gasteiger partial charge in [-0.3, -0.25) is 4.90 Å². The highest BCUT2D eigenvalue weighted by Gasteiger charge is 2.23. The molecule has 7 heteroatoms. The molecule has 0 unspecified atom stereocenters. The van der Waals surface area contributed by atoms with Crippen LogP contribution in [0, 0.1) is 5.82 Å². The predicted molar refractivity (Wildman–Crippen MR) is 93.0 cm³/mol. The lowest BCUT2D eigenvalue weighted by Gasteiger charge is -2.33. The van der Waals surface area contributed by atoms with Crippen molar-refractivity contribution in [2.24, 2.45) is 0 Å². The van der Waals surface area contributed by atoms with Gasteiger partial charge in [0.2, 0.25) is 10.0 Å². The molecule has 1 heterocycles. The number of rotatable bonds is 6. The van der Waals surface area contributed by atoms with Crippen molar-refractivity contribution in [1.29, 1.82) is 0 Å². The van der Waals surface area contributed by atoms with Gasteiger partial charge in [-0.1, -0.05) is 30.3 Å². The molecular weight excluding hydrogens is 343 g/mol. The van der Waals surface area contributed by atoms with Crippen molar-refractivity contribution < 1.29 is 17.5 Å². The Bertz CT molecular complexity index is 782. The minimum absolute atomic E-state index is 0.0471. The number of halogens is 1. The first-order valence-corrected chi connectivity index (χ1v) is 9.64. The fourth-order valence-electron chi connectivity index (χ4n) is 2.79. The number of hydrogen-bond acceptors (Lipinski definition) is 4. The van der Waals surface area contributed by atoms with Crippen LogP contribution in [-0.2, 0) is 21.3 Å². The molecule has 0 aliphatic carbocycles. The molecule has 0 saturated carbocycles. The van der Waals surface area contributed by atoms with Crippen LogP contribution in [-0.4, -0.2) is 45.7 Å². The molecule has 1 aliphatic rings. The first kappa shape index (κ1) is 18.0. The maximum Gasteiger partial charge on any atom is 0.240 e. The molecule has 1 saturated heterocycles. The van der Waals surface area contributed by atoms with Crippen LogP contribution in [0.3, 0.4) is 0 Å². The fourth-order valence-corrected chi connectivity index (χ4v) is 3.86. The molecular formula is C18H21FN2O3S. The molecule has 134 valence electrons. The van der Waals surface area contributed by atoms with E-state index >= 15 is 0 Å². The first-order chi connectivity index (χ1) is 12.0. The highest BCUT2D eigenvalue weighted by atomic mass is 32.2. The summed E-state index contributed by atoms with van der Waals surface area (Å²) in [5, 5.41) is 0. The molecule has 2 aromatic carbocycles. The van der Waals surface area contributed by atoms with Crippen molar-refractivity contribution in [2.45, 2.75) is 17.5 Å². The highest BCUT2D eigenvalue weighted by Crippen LogP contribution is 2.12. The largest absolute Gasteiger partial charge is 0.374 e. The van der Waals surface area contributed by atoms with Crippen LogP contribution in [0.2, 0.25) is 0 Å². The molecule has 1 atom stereocenters. The van der Waals surface area contributed by atoms with Gasteiger partial charge >= 0.3 is 0 Å². The Morgan fingerprint density at radius 3 is 2.56 bits per heavy atom. The fraction of sp³-hybridized carbons (Fsp3) is 0.333. The van der Waals surface area contributed by atoms with E-state index in [-0.39, 0.29) is 17.5 Å². The summed E-state index contributed by atoms with van der Waals surface area (Å²) in [5.74, 6) is -0.467. The Kier molecular flexibility index (Phi) is 5.80. The summed E-state index contributed by atoms with van der Waals surface area (Å²) >= 11 is 0. The molecule has 0 aromatic heterocycles. The van der Waals surface area contributed by atoms with E-state index in [1.165, 1.54) is 17.7 Å². The first-order valence-electron chi connectivity index (χ1n) is 8.16. The van der Waals surface area contributed by atoms with Crippen molar-refractivity contribution in [3.63, 3.8) is 0 Å². The zero-order valence-electron chi connectivity index (χ0n) is 13.8. The summed E-state index contributed by atoms with van der Waals surface area (Å²) in [6.45, 7) is 3.03. The average Bonchev–Trinajstić information content (AvgIpc) is 2.62. The normalized spacial score (nSPS) is 19.0. The molecule has 1 N–H and O–H groups in total. The molecule has 0 radical (unpaired) electrons. The van der Waals surface area contributed by atoms with Gasteiger partial charge in [-0.05, 0) is 29.8 Å². The van der Waals surface area contributed by atoms with Crippen LogP contribution in [0.25, 0.3) is 0 Å². The van der Waals surface area contributed by atoms with Crippen LogP contribution in [0.5, 0.6) is 0 Å². The second-order valence-corrected chi connectivity index (χ2v) is 7.79. The SMILES string of the molecule is O=S(=O)(NC[C@H]1CN(Cc2ccccc2)CCO1)c1ccc(F)cc1. The number of morpholine rings is 1. The quantitative estimate of drug-likeness (QED) is 0.852. The lowest BCUT2D eigenvalue weighted by molar-refractivity contribution is -0.0276. The standard InChI is InChI=1S/C18H21FN2O3S/c19-16-6-8-18(9-7-16)25(22,23)20-12-17-14-21(10-11-24-17)13-15-4-2-1-3-5-15/h1-9,17,20H,10-14H2/t17-/m0/s1. The number of hydrogen-bond donors (Lipinski definition) is 1. The van der Waals surface area contributed by atoms with Crippen LogP contribution in [0.4, 0.5) is 4.39 Å². The predicted octanol–water partition coefficient (Wildman–Crippen LogP) is 2.00. The Hall–Kier alpha value is -1.80. The topological polar surface area (TPSA) is 58.6 Å². The number of ether oxygens (including phenoxy) is 1. The summed E-state index contributed by atoms with van der Waals surface area (Å²) in [5.41, 5.74) is 1.22. The van der Waals surface area contributed by atoms with Gasteiger partial charge in [0.25, 0.3) is 0 Å². The Morgan fingerprint density at radius 2 is 1.84 bits per heavy atom. The average molecular weight is 364 g/mol. The number of benzene rings is 2. The Morgan fingerprint density at radius 1 is 1.12 bits per heavy atom. The highest BCUT2D eigenvalue weighted by molar-refractivity contribution is 7.89. The minimum atomic E-state index is -3.67. The van der Waals surface area contributed by atoms with Gasteiger partial charge in [0, 0.05) is 26.2 Å². The molecule has 25 heavy (non-hydrogen) atoms. The van der Waals surface area contributed by atoms with Crippen LogP contribution < -0.4 is 4.72 Å². The van der Waals surface area contributed by atoms with E-state index in [0.29, 0.717) is 13.2 Å². The third-order valence-corrected chi connectivity index (χ3v) is 5.54. The van der Waals surface area contributed by atoms with Crippen LogP contribution in [0.15, 0.2) is 59.5 Å². The van der Waals surface area contributed by atoms with E-state index in [1.54, 1.807) is 0 Å². The van der Waals surface area contributed by atoms with Gasteiger partial charge in [-0.2, -0.15) is 0 Å². The van der Waals surface area contributed by atoms with Crippen molar-refractivity contribution in [3.05, 3.63) is 66.0 Å². The number of nitrogens with one attached hydrogen (secondary N) is 1. The third-order valence-electron chi connectivity index (χ3n) is 4.10. The summed E-state index contributed by atoms with van der Waals surface area (Å²) in [4.78, 5) is 2.29. The summed E-state index contributed by atoms with van der Waals surface area (Å²) in [6.07, 6.45) is -0.215. The molecule has 0 spiro atoms. The van der Waals surface area contributed by atoms with Crippen LogP contribution >= 0.6 is 0 Å². The molecule has 1 fully saturated rings. The molecule has 2 aromatic rings. The van der Waals surface area contributed by atoms with Gasteiger partial charge in [0.1, 0.15) is 5.82 Å². The molecule has 1 aliphatic heterocycles. The monoisotopic (exact) mass is 364 g/mol. The Balaban J connectivity index is 1.55. The van der Waals surface area contributed by atoms with E-state index in [2.05, 4.69) is 21.8 Å². The van der Waals surface area contributed by atoms with Gasteiger partial charge in [0.15, 0.2) is 0 Å². The molecule has 0 amide bonds. The molecule has 5 nitrogen and oxygen atoms in total. The van der Waals surface area contributed by atoms with Gasteiger partial charge in [0.05, 0.1) is 17.6 Å². The van der Waals surface area contributed by atoms with E-state index < -0.39 is 15.8 Å². The molecule has 3 rings (SSSR count). The van der Waals surface area contributed by atoms with E-state index in [0.717, 1.165) is 25.2 Å². The molecule has 0 bridgehead atoms. The Labute approximate surface area is 147 Å². The van der Waals surface area contributed by atoms with Gasteiger partial charge in [-0.25, -0.2) is 17.5 Å². The van der Waals surface area contributed by atoms with E-state index in [4.69, 9.17) is 4.74 Å². The van der Waals surface area contributed by atoms with Crippen LogP contribution in [0.1, 0.15) is 5.56 Å². The zero-order valence-corrected chi connectivity index (χ0v) is 14.6. The number of nitrogens with zero attached hydrogens (tertiary/aromatic N) is 1. The lowest BCUT2D eigenvalue weighted by Crippen LogP contribution is -2.47. The zero-order chi connectivity index (χ0) is 17.7. The maximum atomic E-state index is 12.9. The van der Waals surface area contributed by atoms with Gasteiger partial charge in [-0.15, -0.1) is 0 Å². The van der Waals surface area contributed by atoms with Crippen molar-refractivity contribution in [2.75, 3.05) is 26.2 Å². The minimum Gasteiger partial charge on any atom is -0.374 e. The van der Waals surface area contributed by atoms with E-state index in [1.807, 2.05) is 18.2 Å². The maximum absolute atomic E-state index is 12.9. The summed E-state index contributed by atoms with van der Waals surface area (Å²) in [7, 11) is -3.67. The van der Waals surface area contributed by atoms with Gasteiger partial charge < -0.3 is 4.74 Å². The second kappa shape index (κ2) is 8.05. The van der Waals surface area contributed by atoms with Crippen molar-refractivity contribution >= 4 is 10.0 Å². The second-order valence-electron chi connectivity index (χ2n) is 6.02. The van der Waals surface area contributed by atoms with E-state index in [9.17, 15) is 12.8 Å². The number of sulfonamides is 1. The smallest absolute Gasteiger partial charge is 0.240 e. The summed E-state index contributed by atoms with van der Waals surface area (Å²) in [6, 6.07) is 14.9. The van der Waals surface area contributed by atoms with Crippen molar-refractivity contribution in [1.82, 2.24) is 9.62 Å². The third kappa shape index (κ3) is 5.09.